The summed E-state index contributed by atoms with van der Waals surface area (Å²) in [5.74, 6) is -1.34. The third kappa shape index (κ3) is 9.30. The molecule has 0 saturated heterocycles. The Kier molecular flexibility index (Phi) is 11.8. The van der Waals surface area contributed by atoms with Gasteiger partial charge >= 0.3 is 6.18 Å². The molecule has 0 aromatic heterocycles. The number of carbonyl (C=O) groups is 2. The molecule has 4 aromatic rings. The lowest BCUT2D eigenvalue weighted by atomic mass is 10.0. The van der Waals surface area contributed by atoms with Crippen LogP contribution in [0.3, 0.4) is 0 Å². The van der Waals surface area contributed by atoms with Crippen LogP contribution in [0.25, 0.3) is 0 Å². The van der Waals surface area contributed by atoms with E-state index >= 15 is 0 Å². The second-order valence-electron chi connectivity index (χ2n) is 11.5. The van der Waals surface area contributed by atoms with Crippen LogP contribution in [0, 0.1) is 6.92 Å². The minimum absolute atomic E-state index is 0.0651. The average Bonchev–Trinajstić information content (AvgIpc) is 3.01. The number of hydrogen-bond donors (Lipinski definition) is 1. The van der Waals surface area contributed by atoms with Gasteiger partial charge in [-0.15, -0.1) is 0 Å². The van der Waals surface area contributed by atoms with Crippen molar-refractivity contribution < 1.29 is 31.2 Å². The van der Waals surface area contributed by atoms with Gasteiger partial charge in [-0.25, -0.2) is 8.42 Å². The largest absolute Gasteiger partial charge is 0.417 e. The summed E-state index contributed by atoms with van der Waals surface area (Å²) in [7, 11) is -4.62. The molecule has 4 aromatic carbocycles. The summed E-state index contributed by atoms with van der Waals surface area (Å²) in [6.07, 6.45) is -4.85. The van der Waals surface area contributed by atoms with E-state index in [1.807, 2.05) is 0 Å². The van der Waals surface area contributed by atoms with Crippen LogP contribution in [-0.2, 0) is 38.8 Å². The van der Waals surface area contributed by atoms with Crippen molar-refractivity contribution in [2.45, 2.75) is 56.9 Å². The van der Waals surface area contributed by atoms with E-state index in [1.165, 1.54) is 29.2 Å². The van der Waals surface area contributed by atoms with Crippen LogP contribution in [0.5, 0.6) is 0 Å². The molecule has 0 aliphatic rings. The molecule has 1 atom stereocenters. The summed E-state index contributed by atoms with van der Waals surface area (Å²) >= 11 is 12.1. The second kappa shape index (κ2) is 15.4. The van der Waals surface area contributed by atoms with Crippen LogP contribution in [-0.4, -0.2) is 43.8 Å². The Bertz CT molecular complexity index is 1860. The molecule has 1 N–H and O–H groups in total. The molecule has 0 aliphatic carbocycles. The van der Waals surface area contributed by atoms with E-state index in [4.69, 9.17) is 23.2 Å². The van der Waals surface area contributed by atoms with Crippen LogP contribution >= 0.6 is 23.2 Å². The number of nitrogens with zero attached hydrogens (tertiary/aromatic N) is 2. The highest BCUT2D eigenvalue weighted by Crippen LogP contribution is 2.38. The first-order valence-corrected chi connectivity index (χ1v) is 17.1. The average molecular weight is 721 g/mol. The van der Waals surface area contributed by atoms with Gasteiger partial charge in [-0.3, -0.25) is 13.9 Å². The molecule has 4 rings (SSSR count). The molecule has 48 heavy (non-hydrogen) atoms. The van der Waals surface area contributed by atoms with Crippen molar-refractivity contribution in [2.24, 2.45) is 0 Å². The molecule has 2 amide bonds. The van der Waals surface area contributed by atoms with Crippen LogP contribution in [0.4, 0.5) is 18.9 Å². The molecule has 0 aliphatic heterocycles. The maximum atomic E-state index is 14.5. The van der Waals surface area contributed by atoms with Gasteiger partial charge in [0.25, 0.3) is 10.0 Å². The van der Waals surface area contributed by atoms with Gasteiger partial charge in [-0.05, 0) is 74.4 Å². The third-order valence-electron chi connectivity index (χ3n) is 7.38. The fraction of sp³-hybridized carbons (Fsp3) is 0.257. The minimum atomic E-state index is -4.91. The van der Waals surface area contributed by atoms with Crippen molar-refractivity contribution in [3.8, 4) is 0 Å². The van der Waals surface area contributed by atoms with Crippen LogP contribution < -0.4 is 9.62 Å². The highest BCUT2D eigenvalue weighted by atomic mass is 35.5. The summed E-state index contributed by atoms with van der Waals surface area (Å²) in [6, 6.07) is 22.4. The fourth-order valence-corrected chi connectivity index (χ4v) is 6.86. The number of amides is 2. The number of carbonyl (C=O) groups excluding carboxylic acids is 2. The lowest BCUT2D eigenvalue weighted by Gasteiger charge is -2.34. The fourth-order valence-electron chi connectivity index (χ4n) is 5.02. The van der Waals surface area contributed by atoms with E-state index in [1.54, 1.807) is 75.4 Å². The number of benzene rings is 4. The van der Waals surface area contributed by atoms with Crippen molar-refractivity contribution in [2.75, 3.05) is 10.8 Å². The van der Waals surface area contributed by atoms with E-state index in [2.05, 4.69) is 5.32 Å². The smallest absolute Gasteiger partial charge is 0.352 e. The maximum Gasteiger partial charge on any atom is 0.417 e. The normalized spacial score (nSPS) is 12.4. The van der Waals surface area contributed by atoms with E-state index in [0.29, 0.717) is 21.0 Å². The summed E-state index contributed by atoms with van der Waals surface area (Å²) in [6.45, 7) is 4.17. The van der Waals surface area contributed by atoms with Crippen LogP contribution in [0.2, 0.25) is 10.0 Å². The topological polar surface area (TPSA) is 86.8 Å². The maximum absolute atomic E-state index is 14.5. The Balaban J connectivity index is 1.87. The number of nitrogens with one attached hydrogen (secondary N) is 1. The molecular weight excluding hydrogens is 686 g/mol. The zero-order chi connectivity index (χ0) is 35.2. The molecule has 0 radical (unpaired) electrons. The first kappa shape index (κ1) is 36.8. The summed E-state index contributed by atoms with van der Waals surface area (Å²) < 4.78 is 70.7. The van der Waals surface area contributed by atoms with Crippen LogP contribution in [0.1, 0.15) is 36.1 Å². The number of sulfonamides is 1. The molecular formula is C35H34Cl2F3N3O4S. The predicted molar refractivity (Wildman–Crippen MR) is 181 cm³/mol. The van der Waals surface area contributed by atoms with Crippen molar-refractivity contribution >= 4 is 50.7 Å². The van der Waals surface area contributed by atoms with E-state index in [0.717, 1.165) is 23.3 Å². The summed E-state index contributed by atoms with van der Waals surface area (Å²) in [5.41, 5.74) is 0.309. The number of rotatable bonds is 12. The Morgan fingerprint density at radius 1 is 0.854 bits per heavy atom. The predicted octanol–water partition coefficient (Wildman–Crippen LogP) is 7.68. The summed E-state index contributed by atoms with van der Waals surface area (Å²) in [5, 5.41) is 2.57. The third-order valence-corrected chi connectivity index (χ3v) is 9.73. The van der Waals surface area contributed by atoms with Gasteiger partial charge in [0.2, 0.25) is 11.8 Å². The molecule has 0 saturated carbocycles. The second-order valence-corrected chi connectivity index (χ2v) is 14.2. The number of hydrogen-bond acceptors (Lipinski definition) is 4. The molecule has 7 nitrogen and oxygen atoms in total. The number of alkyl halides is 3. The van der Waals surface area contributed by atoms with Crippen molar-refractivity contribution in [3.63, 3.8) is 0 Å². The summed E-state index contributed by atoms with van der Waals surface area (Å²) in [4.78, 5) is 29.2. The van der Waals surface area contributed by atoms with Gasteiger partial charge in [0, 0.05) is 24.0 Å². The SMILES string of the molecule is Cc1ccc(S(=O)(=O)N(CC(=O)N(Cc2cccc(Cl)c2)[C@@H](Cc2ccccc2)C(=O)NC(C)C)c2ccc(Cl)c(C(F)(F)F)c2)cc1. The Morgan fingerprint density at radius 2 is 1.50 bits per heavy atom. The zero-order valence-corrected chi connectivity index (χ0v) is 28.7. The standard InChI is InChI=1S/C35H34Cl2F3N3O4S/c1-23(2)41-34(45)32(19-25-8-5-4-6-9-25)42(21-26-10-7-11-27(36)18-26)33(44)22-43(48(46,47)29-15-12-24(3)13-16-29)28-14-17-31(37)30(20-28)35(38,39)40/h4-18,20,23,32H,19,21-22H2,1-3H3,(H,41,45)/t32-/m0/s1. The lowest BCUT2D eigenvalue weighted by Crippen LogP contribution is -2.54. The molecule has 0 fully saturated rings. The molecule has 0 spiro atoms. The van der Waals surface area contributed by atoms with Crippen molar-refractivity contribution in [1.29, 1.82) is 0 Å². The van der Waals surface area contributed by atoms with Gasteiger partial charge in [0.05, 0.1) is 21.2 Å². The molecule has 0 heterocycles. The number of halogens is 5. The first-order valence-electron chi connectivity index (χ1n) is 14.9. The Labute approximate surface area is 288 Å². The van der Waals surface area contributed by atoms with Gasteiger partial charge in [0.1, 0.15) is 12.6 Å². The first-order chi connectivity index (χ1) is 22.6. The quantitative estimate of drug-likeness (QED) is 0.163. The van der Waals surface area contributed by atoms with Gasteiger partial charge in [-0.1, -0.05) is 83.4 Å². The minimum Gasteiger partial charge on any atom is -0.352 e. The number of aryl methyl sites for hydroxylation is 1. The molecule has 0 unspecified atom stereocenters. The van der Waals surface area contributed by atoms with Crippen LogP contribution in [0.15, 0.2) is 102 Å². The van der Waals surface area contributed by atoms with E-state index < -0.39 is 56.9 Å². The highest BCUT2D eigenvalue weighted by Gasteiger charge is 2.37. The molecule has 254 valence electrons. The zero-order valence-electron chi connectivity index (χ0n) is 26.3. The van der Waals surface area contributed by atoms with Crippen molar-refractivity contribution in [3.05, 3.63) is 129 Å². The van der Waals surface area contributed by atoms with Crippen molar-refractivity contribution in [1.82, 2.24) is 10.2 Å². The van der Waals surface area contributed by atoms with E-state index in [9.17, 15) is 31.2 Å². The lowest BCUT2D eigenvalue weighted by molar-refractivity contribution is -0.140. The Hall–Kier alpha value is -4.06. The van der Waals surface area contributed by atoms with Gasteiger partial charge < -0.3 is 10.2 Å². The van der Waals surface area contributed by atoms with Gasteiger partial charge in [0.15, 0.2) is 0 Å². The monoisotopic (exact) mass is 719 g/mol. The number of anilines is 1. The Morgan fingerprint density at radius 3 is 2.10 bits per heavy atom. The molecule has 0 bridgehead atoms. The van der Waals surface area contributed by atoms with E-state index in [-0.39, 0.29) is 23.9 Å². The molecule has 13 heteroatoms. The van der Waals surface area contributed by atoms with Gasteiger partial charge in [-0.2, -0.15) is 13.2 Å². The highest BCUT2D eigenvalue weighted by molar-refractivity contribution is 7.92.